The molecule has 2 heterocycles. The van der Waals surface area contributed by atoms with E-state index >= 15 is 0 Å². The maximum absolute atomic E-state index is 13.6. The van der Waals surface area contributed by atoms with Crippen LogP contribution in [0.15, 0.2) is 47.5 Å². The highest BCUT2D eigenvalue weighted by atomic mass is 32.2. The van der Waals surface area contributed by atoms with Crippen molar-refractivity contribution in [3.05, 3.63) is 54.0 Å². The van der Waals surface area contributed by atoms with Crippen molar-refractivity contribution in [2.24, 2.45) is 0 Å². The molecule has 0 radical (unpaired) electrons. The summed E-state index contributed by atoms with van der Waals surface area (Å²) in [6.45, 7) is 2.04. The highest BCUT2D eigenvalue weighted by Crippen LogP contribution is 2.19. The van der Waals surface area contributed by atoms with Gasteiger partial charge in [0, 0.05) is 25.8 Å². The Kier molecular flexibility index (Phi) is 4.58. The number of aromatic nitrogens is 1. The van der Waals surface area contributed by atoms with E-state index in [0.717, 1.165) is 43.4 Å². The number of benzene rings is 1. The number of rotatable bonds is 5. The quantitative estimate of drug-likeness (QED) is 0.911. The first-order chi connectivity index (χ1) is 11.1. The lowest BCUT2D eigenvalue weighted by Gasteiger charge is -2.17. The van der Waals surface area contributed by atoms with E-state index in [-0.39, 0.29) is 11.4 Å². The molecule has 3 rings (SSSR count). The first kappa shape index (κ1) is 15.9. The van der Waals surface area contributed by atoms with Gasteiger partial charge in [-0.05, 0) is 42.7 Å². The molecule has 1 fully saturated rings. The van der Waals surface area contributed by atoms with Crippen molar-refractivity contribution in [1.29, 1.82) is 0 Å². The number of nitrogens with one attached hydrogen (secondary N) is 1. The molecule has 0 saturated carbocycles. The van der Waals surface area contributed by atoms with E-state index in [1.807, 2.05) is 6.07 Å². The molecule has 0 unspecified atom stereocenters. The minimum absolute atomic E-state index is 0.0972. The molecule has 1 aromatic heterocycles. The predicted octanol–water partition coefficient (Wildman–Crippen LogP) is 2.30. The number of sulfonamides is 1. The molecule has 0 spiro atoms. The van der Waals surface area contributed by atoms with E-state index in [2.05, 4.69) is 14.6 Å². The van der Waals surface area contributed by atoms with E-state index in [4.69, 9.17) is 0 Å². The highest BCUT2D eigenvalue weighted by Gasteiger charge is 2.18. The van der Waals surface area contributed by atoms with Crippen LogP contribution in [-0.2, 0) is 16.6 Å². The van der Waals surface area contributed by atoms with Crippen LogP contribution in [0.5, 0.6) is 0 Å². The van der Waals surface area contributed by atoms with Gasteiger partial charge in [0.15, 0.2) is 0 Å². The van der Waals surface area contributed by atoms with Gasteiger partial charge in [-0.3, -0.25) is 0 Å². The van der Waals surface area contributed by atoms with Gasteiger partial charge in [0.25, 0.3) is 0 Å². The summed E-state index contributed by atoms with van der Waals surface area (Å²) in [6.07, 6.45) is 3.96. The fourth-order valence-corrected chi connectivity index (χ4v) is 3.70. The molecule has 23 heavy (non-hydrogen) atoms. The van der Waals surface area contributed by atoms with Crippen LogP contribution >= 0.6 is 0 Å². The lowest BCUT2D eigenvalue weighted by Crippen LogP contribution is -2.24. The van der Waals surface area contributed by atoms with Gasteiger partial charge in [0.2, 0.25) is 10.0 Å². The minimum Gasteiger partial charge on any atom is -0.357 e. The first-order valence-corrected chi connectivity index (χ1v) is 8.99. The number of hydrogen-bond donors (Lipinski definition) is 1. The van der Waals surface area contributed by atoms with Crippen LogP contribution in [-0.4, -0.2) is 26.5 Å². The van der Waals surface area contributed by atoms with Gasteiger partial charge in [-0.25, -0.2) is 22.5 Å². The van der Waals surface area contributed by atoms with E-state index < -0.39 is 15.8 Å². The maximum atomic E-state index is 13.6. The Balaban J connectivity index is 1.73. The largest absolute Gasteiger partial charge is 0.357 e. The van der Waals surface area contributed by atoms with Gasteiger partial charge in [0.1, 0.15) is 16.5 Å². The van der Waals surface area contributed by atoms with Gasteiger partial charge >= 0.3 is 0 Å². The predicted molar refractivity (Wildman–Crippen MR) is 86.1 cm³/mol. The SMILES string of the molecule is O=S(=O)(NCc1ccnc(N2CCCC2)c1)c1ccccc1F. The molecule has 1 saturated heterocycles. The van der Waals surface area contributed by atoms with Gasteiger partial charge in [-0.2, -0.15) is 0 Å². The zero-order valence-corrected chi connectivity index (χ0v) is 13.4. The van der Waals surface area contributed by atoms with E-state index in [9.17, 15) is 12.8 Å². The number of pyridine rings is 1. The van der Waals surface area contributed by atoms with Crippen molar-refractivity contribution in [2.75, 3.05) is 18.0 Å². The second-order valence-electron chi connectivity index (χ2n) is 5.47. The highest BCUT2D eigenvalue weighted by molar-refractivity contribution is 7.89. The first-order valence-electron chi connectivity index (χ1n) is 7.50. The van der Waals surface area contributed by atoms with Gasteiger partial charge in [-0.1, -0.05) is 12.1 Å². The fraction of sp³-hybridized carbons (Fsp3) is 0.312. The molecule has 5 nitrogen and oxygen atoms in total. The van der Waals surface area contributed by atoms with Crippen LogP contribution in [0.25, 0.3) is 0 Å². The van der Waals surface area contributed by atoms with Crippen molar-refractivity contribution < 1.29 is 12.8 Å². The Morgan fingerprint density at radius 1 is 1.17 bits per heavy atom. The summed E-state index contributed by atoms with van der Waals surface area (Å²) >= 11 is 0. The molecule has 2 aromatic rings. The van der Waals surface area contributed by atoms with Crippen LogP contribution in [0.4, 0.5) is 10.2 Å². The average molecular weight is 335 g/mol. The summed E-state index contributed by atoms with van der Waals surface area (Å²) in [7, 11) is -3.88. The number of anilines is 1. The summed E-state index contributed by atoms with van der Waals surface area (Å²) in [5, 5.41) is 0. The molecule has 7 heteroatoms. The molecule has 0 aliphatic carbocycles. The molecule has 1 aromatic carbocycles. The van der Waals surface area contributed by atoms with Crippen molar-refractivity contribution in [3.63, 3.8) is 0 Å². The molecular formula is C16H18FN3O2S. The van der Waals surface area contributed by atoms with Crippen molar-refractivity contribution in [3.8, 4) is 0 Å². The third-order valence-corrected chi connectivity index (χ3v) is 5.27. The summed E-state index contributed by atoms with van der Waals surface area (Å²) in [5.74, 6) is 0.0950. The zero-order valence-electron chi connectivity index (χ0n) is 12.6. The average Bonchev–Trinajstić information content (AvgIpc) is 3.08. The monoisotopic (exact) mass is 335 g/mol. The van der Waals surface area contributed by atoms with Gasteiger partial charge in [0.05, 0.1) is 0 Å². The van der Waals surface area contributed by atoms with Gasteiger partial charge in [-0.15, -0.1) is 0 Å². The molecular weight excluding hydrogens is 317 g/mol. The van der Waals surface area contributed by atoms with Crippen molar-refractivity contribution in [2.45, 2.75) is 24.3 Å². The molecule has 1 aliphatic rings. The Morgan fingerprint density at radius 2 is 1.91 bits per heavy atom. The van der Waals surface area contributed by atoms with Crippen LogP contribution in [0.2, 0.25) is 0 Å². The third-order valence-electron chi connectivity index (χ3n) is 3.83. The third kappa shape index (κ3) is 3.68. The molecule has 1 aliphatic heterocycles. The Bertz CT molecular complexity index is 789. The van der Waals surface area contributed by atoms with Crippen LogP contribution in [0.3, 0.4) is 0 Å². The van der Waals surface area contributed by atoms with Gasteiger partial charge < -0.3 is 4.90 Å². The van der Waals surface area contributed by atoms with Crippen molar-refractivity contribution in [1.82, 2.24) is 9.71 Å². The molecule has 122 valence electrons. The summed E-state index contributed by atoms with van der Waals surface area (Å²) in [5.41, 5.74) is 0.793. The second-order valence-corrected chi connectivity index (χ2v) is 7.21. The van der Waals surface area contributed by atoms with E-state index in [1.165, 1.54) is 18.2 Å². The summed E-state index contributed by atoms with van der Waals surface area (Å²) in [6, 6.07) is 8.96. The van der Waals surface area contributed by atoms with Crippen LogP contribution < -0.4 is 9.62 Å². The maximum Gasteiger partial charge on any atom is 0.243 e. The topological polar surface area (TPSA) is 62.3 Å². The molecule has 0 amide bonds. The standard InChI is InChI=1S/C16H18FN3O2S/c17-14-5-1-2-6-15(14)23(21,22)19-12-13-7-8-18-16(11-13)20-9-3-4-10-20/h1-2,5-8,11,19H,3-4,9-10,12H2. The minimum atomic E-state index is -3.88. The summed E-state index contributed by atoms with van der Waals surface area (Å²) in [4.78, 5) is 6.16. The second kappa shape index (κ2) is 6.64. The lowest BCUT2D eigenvalue weighted by atomic mass is 10.2. The number of halogens is 1. The Labute approximate surface area is 135 Å². The van der Waals surface area contributed by atoms with E-state index in [0.29, 0.717) is 0 Å². The number of nitrogens with zero attached hydrogens (tertiary/aromatic N) is 2. The molecule has 0 bridgehead atoms. The Hall–Kier alpha value is -1.99. The Morgan fingerprint density at radius 3 is 2.65 bits per heavy atom. The normalized spacial score (nSPS) is 15.1. The number of hydrogen-bond acceptors (Lipinski definition) is 4. The van der Waals surface area contributed by atoms with Crippen LogP contribution in [0, 0.1) is 5.82 Å². The zero-order chi connectivity index (χ0) is 16.3. The summed E-state index contributed by atoms with van der Waals surface area (Å²) < 4.78 is 40.5. The van der Waals surface area contributed by atoms with Crippen molar-refractivity contribution >= 4 is 15.8 Å². The smallest absolute Gasteiger partial charge is 0.243 e. The molecule has 1 N–H and O–H groups in total. The lowest BCUT2D eigenvalue weighted by molar-refractivity contribution is 0.557. The molecule has 0 atom stereocenters. The van der Waals surface area contributed by atoms with E-state index in [1.54, 1.807) is 12.3 Å². The van der Waals surface area contributed by atoms with Crippen LogP contribution in [0.1, 0.15) is 18.4 Å². The fourth-order valence-electron chi connectivity index (χ4n) is 2.61.